The van der Waals surface area contributed by atoms with Crippen molar-refractivity contribution >= 4 is 5.96 Å². The summed E-state index contributed by atoms with van der Waals surface area (Å²) >= 11 is 0. The van der Waals surface area contributed by atoms with Crippen LogP contribution in [0.15, 0.2) is 4.99 Å². The Hall–Kier alpha value is -0.850. The van der Waals surface area contributed by atoms with Crippen LogP contribution in [0.1, 0.15) is 40.5 Å². The molecule has 6 nitrogen and oxygen atoms in total. The maximum Gasteiger partial charge on any atom is 0.193 e. The van der Waals surface area contributed by atoms with E-state index in [1.165, 1.54) is 0 Å². The number of nitrogens with one attached hydrogen (secondary N) is 1. The van der Waals surface area contributed by atoms with Crippen molar-refractivity contribution in [1.82, 2.24) is 15.1 Å². The van der Waals surface area contributed by atoms with E-state index in [-0.39, 0.29) is 5.54 Å². The molecule has 0 unspecified atom stereocenters. The lowest BCUT2D eigenvalue weighted by Gasteiger charge is -2.40. The molecule has 0 radical (unpaired) electrons. The van der Waals surface area contributed by atoms with Crippen molar-refractivity contribution in [3.8, 4) is 0 Å². The van der Waals surface area contributed by atoms with Gasteiger partial charge in [0.15, 0.2) is 5.96 Å². The molecule has 0 saturated carbocycles. The van der Waals surface area contributed by atoms with Crippen LogP contribution in [0.5, 0.6) is 0 Å². The highest BCUT2D eigenvalue weighted by molar-refractivity contribution is 5.80. The topological polar surface area (TPSA) is 49.3 Å². The number of nitrogens with zero attached hydrogens (tertiary/aromatic N) is 3. The van der Waals surface area contributed by atoms with Gasteiger partial charge < -0.3 is 19.7 Å². The van der Waals surface area contributed by atoms with E-state index in [9.17, 15) is 0 Å². The van der Waals surface area contributed by atoms with Gasteiger partial charge in [-0.1, -0.05) is 0 Å². The number of aliphatic imine (C=N–C) groups is 1. The van der Waals surface area contributed by atoms with Crippen LogP contribution in [-0.4, -0.2) is 86.5 Å². The Morgan fingerprint density at radius 3 is 2.42 bits per heavy atom. The van der Waals surface area contributed by atoms with Gasteiger partial charge in [-0.25, -0.2) is 0 Å². The highest BCUT2D eigenvalue weighted by atomic mass is 16.5. The van der Waals surface area contributed by atoms with Crippen molar-refractivity contribution in [1.29, 1.82) is 0 Å². The lowest BCUT2D eigenvalue weighted by molar-refractivity contribution is -0.00698. The van der Waals surface area contributed by atoms with Gasteiger partial charge in [-0.3, -0.25) is 9.89 Å². The molecule has 0 spiro atoms. The van der Waals surface area contributed by atoms with Crippen molar-refractivity contribution in [2.24, 2.45) is 4.99 Å². The van der Waals surface area contributed by atoms with Gasteiger partial charge >= 0.3 is 0 Å². The van der Waals surface area contributed by atoms with Crippen LogP contribution in [0.4, 0.5) is 0 Å². The minimum Gasteiger partial charge on any atom is -0.379 e. The zero-order chi connectivity index (χ0) is 17.4. The zero-order valence-corrected chi connectivity index (χ0v) is 16.0. The Kier molecular flexibility index (Phi) is 7.78. The summed E-state index contributed by atoms with van der Waals surface area (Å²) in [5.41, 5.74) is 0.0636. The number of morpholine rings is 1. The van der Waals surface area contributed by atoms with Gasteiger partial charge in [0.05, 0.1) is 25.9 Å². The number of likely N-dealkylation sites (tertiary alicyclic amines) is 1. The summed E-state index contributed by atoms with van der Waals surface area (Å²) in [6.07, 6.45) is 2.59. The predicted molar refractivity (Wildman–Crippen MR) is 98.7 cm³/mol. The molecule has 0 aromatic carbocycles. The molecule has 0 aromatic rings. The van der Waals surface area contributed by atoms with Crippen LogP contribution in [0.3, 0.4) is 0 Å². The maximum atomic E-state index is 5.76. The molecular formula is C18H36N4O2. The lowest BCUT2D eigenvalue weighted by atomic mass is 10.0. The van der Waals surface area contributed by atoms with Crippen molar-refractivity contribution in [3.05, 3.63) is 0 Å². The highest BCUT2D eigenvalue weighted by Crippen LogP contribution is 2.18. The number of ether oxygens (including phenoxy) is 2. The molecule has 0 aliphatic carbocycles. The van der Waals surface area contributed by atoms with Gasteiger partial charge in [0.25, 0.3) is 0 Å². The van der Waals surface area contributed by atoms with E-state index < -0.39 is 0 Å². The van der Waals surface area contributed by atoms with E-state index in [1.807, 2.05) is 0 Å². The summed E-state index contributed by atoms with van der Waals surface area (Å²) < 4.78 is 11.2. The molecule has 0 atom stereocenters. The molecule has 2 aliphatic heterocycles. The molecule has 0 amide bonds. The Labute approximate surface area is 147 Å². The summed E-state index contributed by atoms with van der Waals surface area (Å²) in [5.74, 6) is 1.05. The SMILES string of the molecule is CCNC(=NCC(C)(C)N1CCOCC1)N1CCC(OCC)CC1. The van der Waals surface area contributed by atoms with E-state index in [4.69, 9.17) is 14.5 Å². The normalized spacial score (nSPS) is 22.0. The Morgan fingerprint density at radius 1 is 1.17 bits per heavy atom. The monoisotopic (exact) mass is 340 g/mol. The fraction of sp³-hybridized carbons (Fsp3) is 0.944. The number of piperidine rings is 1. The van der Waals surface area contributed by atoms with Crippen LogP contribution in [-0.2, 0) is 9.47 Å². The Morgan fingerprint density at radius 2 is 1.83 bits per heavy atom. The minimum atomic E-state index is 0.0636. The van der Waals surface area contributed by atoms with E-state index in [0.29, 0.717) is 6.10 Å². The average Bonchev–Trinajstić information content (AvgIpc) is 2.60. The van der Waals surface area contributed by atoms with Crippen molar-refractivity contribution < 1.29 is 9.47 Å². The average molecular weight is 341 g/mol. The fourth-order valence-corrected chi connectivity index (χ4v) is 3.43. The van der Waals surface area contributed by atoms with Gasteiger partial charge in [-0.05, 0) is 40.5 Å². The second-order valence-corrected chi connectivity index (χ2v) is 7.22. The minimum absolute atomic E-state index is 0.0636. The van der Waals surface area contributed by atoms with E-state index in [1.54, 1.807) is 0 Å². The first-order chi connectivity index (χ1) is 11.6. The molecule has 0 bridgehead atoms. The smallest absolute Gasteiger partial charge is 0.193 e. The molecule has 24 heavy (non-hydrogen) atoms. The van der Waals surface area contributed by atoms with Gasteiger partial charge in [0, 0.05) is 44.9 Å². The quantitative estimate of drug-likeness (QED) is 0.587. The summed E-state index contributed by atoms with van der Waals surface area (Å²) in [6.45, 7) is 17.0. The van der Waals surface area contributed by atoms with Gasteiger partial charge in [-0.15, -0.1) is 0 Å². The molecule has 0 aromatic heterocycles. The Balaban J connectivity index is 1.92. The van der Waals surface area contributed by atoms with E-state index >= 15 is 0 Å². The largest absolute Gasteiger partial charge is 0.379 e. The third kappa shape index (κ3) is 5.60. The third-order valence-corrected chi connectivity index (χ3v) is 4.96. The second kappa shape index (κ2) is 9.59. The number of hydrogen-bond acceptors (Lipinski definition) is 4. The van der Waals surface area contributed by atoms with E-state index in [0.717, 1.165) is 77.9 Å². The van der Waals surface area contributed by atoms with Crippen molar-refractivity contribution in [3.63, 3.8) is 0 Å². The standard InChI is InChI=1S/C18H36N4O2/c1-5-19-17(21-9-7-16(8-10-21)24-6-2)20-15-18(3,4)22-11-13-23-14-12-22/h16H,5-15H2,1-4H3,(H,19,20). The fourth-order valence-electron chi connectivity index (χ4n) is 3.43. The molecule has 2 rings (SSSR count). The van der Waals surface area contributed by atoms with Crippen molar-refractivity contribution in [2.75, 3.05) is 59.1 Å². The number of rotatable bonds is 6. The van der Waals surface area contributed by atoms with Crippen LogP contribution >= 0.6 is 0 Å². The summed E-state index contributed by atoms with van der Waals surface area (Å²) in [5, 5.41) is 3.47. The second-order valence-electron chi connectivity index (χ2n) is 7.22. The molecule has 140 valence electrons. The van der Waals surface area contributed by atoms with Crippen LogP contribution in [0.2, 0.25) is 0 Å². The molecule has 2 aliphatic rings. The first-order valence-corrected chi connectivity index (χ1v) is 9.54. The predicted octanol–water partition coefficient (Wildman–Crippen LogP) is 1.56. The van der Waals surface area contributed by atoms with Gasteiger partial charge in [0.2, 0.25) is 0 Å². The molecule has 2 fully saturated rings. The maximum absolute atomic E-state index is 5.76. The first kappa shape index (κ1) is 19.5. The summed E-state index contributed by atoms with van der Waals surface area (Å²) in [4.78, 5) is 9.84. The molecular weight excluding hydrogens is 304 g/mol. The third-order valence-electron chi connectivity index (χ3n) is 4.96. The first-order valence-electron chi connectivity index (χ1n) is 9.54. The van der Waals surface area contributed by atoms with Crippen LogP contribution in [0.25, 0.3) is 0 Å². The van der Waals surface area contributed by atoms with Crippen LogP contribution < -0.4 is 5.32 Å². The summed E-state index contributed by atoms with van der Waals surface area (Å²) in [7, 11) is 0. The molecule has 6 heteroatoms. The molecule has 2 saturated heterocycles. The summed E-state index contributed by atoms with van der Waals surface area (Å²) in [6, 6.07) is 0. The van der Waals surface area contributed by atoms with Crippen molar-refractivity contribution in [2.45, 2.75) is 52.2 Å². The zero-order valence-electron chi connectivity index (χ0n) is 16.0. The number of guanidine groups is 1. The molecule has 2 heterocycles. The van der Waals surface area contributed by atoms with Gasteiger partial charge in [0.1, 0.15) is 0 Å². The highest BCUT2D eigenvalue weighted by Gasteiger charge is 2.29. The van der Waals surface area contributed by atoms with E-state index in [2.05, 4.69) is 42.8 Å². The Bertz CT molecular complexity index is 386. The van der Waals surface area contributed by atoms with Gasteiger partial charge in [-0.2, -0.15) is 0 Å². The number of hydrogen-bond donors (Lipinski definition) is 1. The lowest BCUT2D eigenvalue weighted by Crippen LogP contribution is -2.53. The van der Waals surface area contributed by atoms with Crippen LogP contribution in [0, 0.1) is 0 Å². The molecule has 1 N–H and O–H groups in total.